The molecule has 1 aliphatic heterocycles. The number of aryl methyl sites for hydroxylation is 1. The monoisotopic (exact) mass is 415 g/mol. The summed E-state index contributed by atoms with van der Waals surface area (Å²) in [5.41, 5.74) is 2.60. The van der Waals surface area contributed by atoms with Crippen LogP contribution in [0.2, 0.25) is 0 Å². The number of hydrogen-bond acceptors (Lipinski definition) is 3. The Hall–Kier alpha value is -2.67. The van der Waals surface area contributed by atoms with Gasteiger partial charge in [-0.3, -0.25) is 14.4 Å². The summed E-state index contributed by atoms with van der Waals surface area (Å²) in [6.07, 6.45) is 0.330. The molecule has 0 bridgehead atoms. The Morgan fingerprint density at radius 1 is 1.19 bits per heavy atom. The normalized spacial score (nSPS) is 16.2. The van der Waals surface area contributed by atoms with Gasteiger partial charge in [0.1, 0.15) is 6.04 Å². The van der Waals surface area contributed by atoms with Gasteiger partial charge in [0.15, 0.2) is 0 Å². The van der Waals surface area contributed by atoms with E-state index in [0.29, 0.717) is 16.9 Å². The second kappa shape index (κ2) is 7.70. The summed E-state index contributed by atoms with van der Waals surface area (Å²) in [5.74, 6) is -0.862. The van der Waals surface area contributed by atoms with Crippen LogP contribution in [0, 0.1) is 6.92 Å². The summed E-state index contributed by atoms with van der Waals surface area (Å²) < 4.78 is 0.966. The molecule has 26 heavy (non-hydrogen) atoms. The number of halogens is 1. The van der Waals surface area contributed by atoms with Crippen LogP contribution in [0.25, 0.3) is 0 Å². The molecule has 0 saturated carbocycles. The second-order valence-corrected chi connectivity index (χ2v) is 6.97. The highest BCUT2D eigenvalue weighted by Crippen LogP contribution is 2.21. The molecule has 0 unspecified atom stereocenters. The molecule has 0 aromatic heterocycles. The van der Waals surface area contributed by atoms with Crippen LogP contribution in [-0.2, 0) is 9.59 Å². The minimum absolute atomic E-state index is 0.115. The molecule has 0 saturated heterocycles. The Morgan fingerprint density at radius 2 is 1.96 bits per heavy atom. The Balaban J connectivity index is 1.60. The van der Waals surface area contributed by atoms with Crippen molar-refractivity contribution in [2.24, 2.45) is 0 Å². The molecule has 2 aromatic carbocycles. The van der Waals surface area contributed by atoms with E-state index in [4.69, 9.17) is 0 Å². The molecule has 3 rings (SSSR count). The first-order chi connectivity index (χ1) is 12.4. The average molecular weight is 416 g/mol. The van der Waals surface area contributed by atoms with Gasteiger partial charge in [-0.05, 0) is 49.2 Å². The van der Waals surface area contributed by atoms with Gasteiger partial charge in [0.2, 0.25) is 11.8 Å². The minimum atomic E-state index is -0.757. The van der Waals surface area contributed by atoms with Crippen LogP contribution >= 0.6 is 15.9 Å². The van der Waals surface area contributed by atoms with Crippen molar-refractivity contribution in [3.8, 4) is 0 Å². The molecule has 1 heterocycles. The van der Waals surface area contributed by atoms with Crippen molar-refractivity contribution in [1.82, 2.24) is 5.32 Å². The van der Waals surface area contributed by atoms with Gasteiger partial charge < -0.3 is 16.0 Å². The van der Waals surface area contributed by atoms with E-state index in [9.17, 15) is 14.4 Å². The van der Waals surface area contributed by atoms with Crippen molar-refractivity contribution in [3.63, 3.8) is 0 Å². The number of anilines is 2. The van der Waals surface area contributed by atoms with Crippen LogP contribution in [0.3, 0.4) is 0 Å². The number of rotatable bonds is 4. The molecular formula is C19H18BrN3O3. The van der Waals surface area contributed by atoms with Gasteiger partial charge >= 0.3 is 0 Å². The molecule has 1 aliphatic rings. The number of para-hydroxylation sites is 1. The van der Waals surface area contributed by atoms with E-state index in [1.165, 1.54) is 0 Å². The van der Waals surface area contributed by atoms with Crippen LogP contribution in [0.4, 0.5) is 11.4 Å². The zero-order valence-electron chi connectivity index (χ0n) is 14.1. The molecule has 0 spiro atoms. The summed E-state index contributed by atoms with van der Waals surface area (Å²) >= 11 is 3.41. The maximum atomic E-state index is 12.3. The molecule has 3 N–H and O–H groups in total. The standard InChI is InChI=1S/C19H18BrN3O3/c1-11-10-12(6-7-14(11)20)21-17(24)9-8-16-19(26)22-15-5-3-2-4-13(15)18(25)23-16/h2-7,10,16H,8-9H2,1H3,(H,21,24)(H,22,26)(H,23,25)/t16-/m0/s1. The molecule has 0 aliphatic carbocycles. The van der Waals surface area contributed by atoms with Gasteiger partial charge in [0.25, 0.3) is 5.91 Å². The third kappa shape index (κ3) is 4.11. The number of carbonyl (C=O) groups excluding carboxylic acids is 3. The Labute approximate surface area is 159 Å². The lowest BCUT2D eigenvalue weighted by molar-refractivity contribution is -0.118. The Kier molecular flexibility index (Phi) is 5.37. The number of nitrogens with one attached hydrogen (secondary N) is 3. The molecule has 3 amide bonds. The third-order valence-corrected chi connectivity index (χ3v) is 5.04. The highest BCUT2D eigenvalue weighted by atomic mass is 79.9. The fourth-order valence-electron chi connectivity index (χ4n) is 2.74. The van der Waals surface area contributed by atoms with E-state index in [0.717, 1.165) is 10.0 Å². The predicted octanol–water partition coefficient (Wildman–Crippen LogP) is 3.23. The highest BCUT2D eigenvalue weighted by Gasteiger charge is 2.27. The minimum Gasteiger partial charge on any atom is -0.340 e. The van der Waals surface area contributed by atoms with Gasteiger partial charge in [0.05, 0.1) is 11.3 Å². The van der Waals surface area contributed by atoms with Gasteiger partial charge in [-0.15, -0.1) is 0 Å². The van der Waals surface area contributed by atoms with Gasteiger partial charge in [0, 0.05) is 16.6 Å². The fraction of sp³-hybridized carbons (Fsp3) is 0.211. The van der Waals surface area contributed by atoms with Crippen molar-refractivity contribution in [2.45, 2.75) is 25.8 Å². The lowest BCUT2D eigenvalue weighted by atomic mass is 10.1. The summed E-state index contributed by atoms with van der Waals surface area (Å²) in [6, 6.07) is 11.6. The predicted molar refractivity (Wildman–Crippen MR) is 103 cm³/mol. The molecule has 0 radical (unpaired) electrons. The zero-order valence-corrected chi connectivity index (χ0v) is 15.7. The SMILES string of the molecule is Cc1cc(NC(=O)CC[C@@H]2NC(=O)c3ccccc3NC2=O)ccc1Br. The first kappa shape index (κ1) is 18.1. The molecule has 2 aromatic rings. The van der Waals surface area contributed by atoms with Crippen molar-refractivity contribution < 1.29 is 14.4 Å². The molecular weight excluding hydrogens is 398 g/mol. The van der Waals surface area contributed by atoms with Crippen LogP contribution in [-0.4, -0.2) is 23.8 Å². The topological polar surface area (TPSA) is 87.3 Å². The van der Waals surface area contributed by atoms with E-state index in [2.05, 4.69) is 31.9 Å². The number of hydrogen-bond donors (Lipinski definition) is 3. The number of benzene rings is 2. The number of amides is 3. The maximum Gasteiger partial charge on any atom is 0.254 e. The van der Waals surface area contributed by atoms with Gasteiger partial charge in [-0.25, -0.2) is 0 Å². The van der Waals surface area contributed by atoms with Crippen LogP contribution in [0.1, 0.15) is 28.8 Å². The highest BCUT2D eigenvalue weighted by molar-refractivity contribution is 9.10. The molecule has 6 nitrogen and oxygen atoms in total. The average Bonchev–Trinajstić information content (AvgIpc) is 2.73. The number of carbonyl (C=O) groups is 3. The van der Waals surface area contributed by atoms with Crippen LogP contribution in [0.5, 0.6) is 0 Å². The van der Waals surface area contributed by atoms with E-state index < -0.39 is 6.04 Å². The van der Waals surface area contributed by atoms with Crippen molar-refractivity contribution >= 4 is 45.0 Å². The molecule has 134 valence electrons. The largest absolute Gasteiger partial charge is 0.340 e. The summed E-state index contributed by atoms with van der Waals surface area (Å²) in [4.78, 5) is 36.7. The number of fused-ring (bicyclic) bond motifs is 1. The lowest BCUT2D eigenvalue weighted by Gasteiger charge is -2.14. The Bertz CT molecular complexity index is 882. The lowest BCUT2D eigenvalue weighted by Crippen LogP contribution is -2.41. The third-order valence-electron chi connectivity index (χ3n) is 4.15. The van der Waals surface area contributed by atoms with Gasteiger partial charge in [-0.1, -0.05) is 28.1 Å². The van der Waals surface area contributed by atoms with Crippen molar-refractivity contribution in [1.29, 1.82) is 0 Å². The zero-order chi connectivity index (χ0) is 18.7. The first-order valence-electron chi connectivity index (χ1n) is 8.21. The van der Waals surface area contributed by atoms with E-state index in [-0.39, 0.29) is 30.6 Å². The summed E-state index contributed by atoms with van der Waals surface area (Å²) in [5, 5.41) is 8.22. The quantitative estimate of drug-likeness (QED) is 0.715. The van der Waals surface area contributed by atoms with Crippen LogP contribution < -0.4 is 16.0 Å². The van der Waals surface area contributed by atoms with Gasteiger partial charge in [-0.2, -0.15) is 0 Å². The van der Waals surface area contributed by atoms with Crippen molar-refractivity contribution in [2.75, 3.05) is 10.6 Å². The first-order valence-corrected chi connectivity index (χ1v) is 9.00. The molecule has 7 heteroatoms. The van der Waals surface area contributed by atoms with Crippen LogP contribution in [0.15, 0.2) is 46.9 Å². The molecule has 0 fully saturated rings. The summed E-state index contributed by atoms with van der Waals surface area (Å²) in [7, 11) is 0. The smallest absolute Gasteiger partial charge is 0.254 e. The van der Waals surface area contributed by atoms with Crippen molar-refractivity contribution in [3.05, 3.63) is 58.1 Å². The van der Waals surface area contributed by atoms with E-state index in [1.54, 1.807) is 30.3 Å². The molecule has 1 atom stereocenters. The Morgan fingerprint density at radius 3 is 2.73 bits per heavy atom. The maximum absolute atomic E-state index is 12.3. The fourth-order valence-corrected chi connectivity index (χ4v) is 2.98. The second-order valence-electron chi connectivity index (χ2n) is 6.11. The summed E-state index contributed by atoms with van der Waals surface area (Å²) in [6.45, 7) is 1.93. The van der Waals surface area contributed by atoms with E-state index >= 15 is 0 Å². The van der Waals surface area contributed by atoms with E-state index in [1.807, 2.05) is 19.1 Å².